The number of nitrogens with zero attached hydrogens (tertiary/aromatic N) is 1. The molecule has 0 radical (unpaired) electrons. The highest BCUT2D eigenvalue weighted by Gasteiger charge is 2.23. The lowest BCUT2D eigenvalue weighted by molar-refractivity contribution is -0.122. The van der Waals surface area contributed by atoms with Crippen molar-refractivity contribution in [3.63, 3.8) is 0 Å². The van der Waals surface area contributed by atoms with Gasteiger partial charge in [-0.1, -0.05) is 6.92 Å². The molecule has 1 saturated heterocycles. The number of nitriles is 1. The molecule has 2 atom stereocenters. The van der Waals surface area contributed by atoms with Gasteiger partial charge >= 0.3 is 0 Å². The second kappa shape index (κ2) is 4.07. The third-order valence-corrected chi connectivity index (χ3v) is 2.16. The van der Waals surface area contributed by atoms with Crippen molar-refractivity contribution in [2.75, 3.05) is 6.54 Å². The van der Waals surface area contributed by atoms with Crippen LogP contribution in [0.1, 0.15) is 19.8 Å². The maximum absolute atomic E-state index is 11.1. The van der Waals surface area contributed by atoms with Gasteiger partial charge in [0.15, 0.2) is 6.19 Å². The molecule has 0 spiro atoms. The fourth-order valence-electron chi connectivity index (χ4n) is 1.45. The van der Waals surface area contributed by atoms with E-state index in [2.05, 4.69) is 17.6 Å². The molecular weight excluding hydrogens is 154 g/mol. The van der Waals surface area contributed by atoms with Gasteiger partial charge in [0, 0.05) is 0 Å². The first kappa shape index (κ1) is 9.01. The van der Waals surface area contributed by atoms with E-state index >= 15 is 0 Å². The fraction of sp³-hybridized carbons (Fsp3) is 0.750. The fourth-order valence-corrected chi connectivity index (χ4v) is 1.45. The largest absolute Gasteiger partial charge is 0.306 e. The maximum atomic E-state index is 11.1. The lowest BCUT2D eigenvalue weighted by Gasteiger charge is -2.26. The first-order valence-corrected chi connectivity index (χ1v) is 4.16. The number of hydrogen-bond acceptors (Lipinski definition) is 3. The van der Waals surface area contributed by atoms with Gasteiger partial charge in [0.1, 0.15) is 0 Å². The van der Waals surface area contributed by atoms with E-state index < -0.39 is 0 Å². The van der Waals surface area contributed by atoms with E-state index in [-0.39, 0.29) is 11.9 Å². The first-order chi connectivity index (χ1) is 5.74. The van der Waals surface area contributed by atoms with Crippen LogP contribution >= 0.6 is 0 Å². The molecule has 66 valence electrons. The predicted octanol–water partition coefficient (Wildman–Crippen LogP) is -0.0282. The zero-order valence-electron chi connectivity index (χ0n) is 7.13. The highest BCUT2D eigenvalue weighted by Crippen LogP contribution is 2.14. The normalized spacial score (nSPS) is 29.0. The van der Waals surface area contributed by atoms with Gasteiger partial charge in [0.05, 0.1) is 6.04 Å². The summed E-state index contributed by atoms with van der Waals surface area (Å²) in [6.45, 7) is 2.98. The van der Waals surface area contributed by atoms with Crippen LogP contribution < -0.4 is 10.6 Å². The van der Waals surface area contributed by atoms with Crippen molar-refractivity contribution >= 4 is 5.91 Å². The second-order valence-electron chi connectivity index (χ2n) is 3.24. The van der Waals surface area contributed by atoms with Crippen molar-refractivity contribution in [3.05, 3.63) is 0 Å². The molecule has 2 N–H and O–H groups in total. The van der Waals surface area contributed by atoms with Crippen LogP contribution in [-0.4, -0.2) is 18.5 Å². The molecule has 4 heteroatoms. The summed E-state index contributed by atoms with van der Waals surface area (Å²) in [5, 5.41) is 13.4. The SMILES string of the molecule is CC1CCNC(C(=O)NC#N)C1. The molecular formula is C8H13N3O. The van der Waals surface area contributed by atoms with Gasteiger partial charge in [-0.2, -0.15) is 5.26 Å². The minimum Gasteiger partial charge on any atom is -0.306 e. The van der Waals surface area contributed by atoms with Crippen molar-refractivity contribution in [1.29, 1.82) is 5.26 Å². The van der Waals surface area contributed by atoms with Crippen LogP contribution in [0.25, 0.3) is 0 Å². The first-order valence-electron chi connectivity index (χ1n) is 4.16. The Bertz CT molecular complexity index is 209. The third-order valence-electron chi connectivity index (χ3n) is 2.16. The van der Waals surface area contributed by atoms with E-state index in [1.165, 1.54) is 0 Å². The molecule has 1 fully saturated rings. The van der Waals surface area contributed by atoms with Crippen molar-refractivity contribution in [2.24, 2.45) is 5.92 Å². The van der Waals surface area contributed by atoms with Crippen molar-refractivity contribution in [2.45, 2.75) is 25.8 Å². The van der Waals surface area contributed by atoms with Crippen LogP contribution in [0, 0.1) is 17.4 Å². The zero-order chi connectivity index (χ0) is 8.97. The molecule has 1 amide bonds. The number of amides is 1. The van der Waals surface area contributed by atoms with Gasteiger partial charge in [0.2, 0.25) is 5.91 Å². The van der Waals surface area contributed by atoms with E-state index in [1.54, 1.807) is 6.19 Å². The molecule has 4 nitrogen and oxygen atoms in total. The van der Waals surface area contributed by atoms with E-state index in [0.717, 1.165) is 19.4 Å². The van der Waals surface area contributed by atoms with Crippen LogP contribution in [0.15, 0.2) is 0 Å². The zero-order valence-corrected chi connectivity index (χ0v) is 7.13. The van der Waals surface area contributed by atoms with E-state index in [4.69, 9.17) is 5.26 Å². The molecule has 1 heterocycles. The molecule has 0 aromatic heterocycles. The Labute approximate surface area is 71.9 Å². The Morgan fingerprint density at radius 3 is 3.08 bits per heavy atom. The smallest absolute Gasteiger partial charge is 0.250 e. The number of carbonyl (C=O) groups is 1. The van der Waals surface area contributed by atoms with Gasteiger partial charge < -0.3 is 5.32 Å². The molecule has 1 aliphatic rings. The lowest BCUT2D eigenvalue weighted by atomic mass is 9.94. The molecule has 0 bridgehead atoms. The van der Waals surface area contributed by atoms with E-state index in [9.17, 15) is 4.79 Å². The second-order valence-corrected chi connectivity index (χ2v) is 3.24. The number of piperidine rings is 1. The Hall–Kier alpha value is -1.08. The van der Waals surface area contributed by atoms with Crippen LogP contribution in [-0.2, 0) is 4.79 Å². The molecule has 12 heavy (non-hydrogen) atoms. The van der Waals surface area contributed by atoms with E-state index in [1.807, 2.05) is 0 Å². The number of carbonyl (C=O) groups excluding carboxylic acids is 1. The van der Waals surface area contributed by atoms with Crippen molar-refractivity contribution < 1.29 is 4.79 Å². The average Bonchev–Trinajstić information content (AvgIpc) is 2.05. The summed E-state index contributed by atoms with van der Waals surface area (Å²) < 4.78 is 0. The van der Waals surface area contributed by atoms with E-state index in [0.29, 0.717) is 5.92 Å². The van der Waals surface area contributed by atoms with Crippen LogP contribution in [0.3, 0.4) is 0 Å². The molecule has 0 saturated carbocycles. The quantitative estimate of drug-likeness (QED) is 0.426. The topological polar surface area (TPSA) is 64.9 Å². The summed E-state index contributed by atoms with van der Waals surface area (Å²) in [6.07, 6.45) is 3.57. The summed E-state index contributed by atoms with van der Waals surface area (Å²) in [6, 6.07) is -0.173. The summed E-state index contributed by atoms with van der Waals surface area (Å²) in [5.74, 6) is 0.366. The average molecular weight is 167 g/mol. The summed E-state index contributed by atoms with van der Waals surface area (Å²) in [5.41, 5.74) is 0. The Morgan fingerprint density at radius 2 is 2.50 bits per heavy atom. The number of rotatable bonds is 1. The molecule has 1 rings (SSSR count). The van der Waals surface area contributed by atoms with Crippen LogP contribution in [0.2, 0.25) is 0 Å². The summed E-state index contributed by atoms with van der Waals surface area (Å²) >= 11 is 0. The third kappa shape index (κ3) is 2.21. The van der Waals surface area contributed by atoms with Gasteiger partial charge in [-0.25, -0.2) is 0 Å². The van der Waals surface area contributed by atoms with Crippen LogP contribution in [0.5, 0.6) is 0 Å². The van der Waals surface area contributed by atoms with Crippen molar-refractivity contribution in [1.82, 2.24) is 10.6 Å². The monoisotopic (exact) mass is 167 g/mol. The minimum atomic E-state index is -0.205. The highest BCUT2D eigenvalue weighted by atomic mass is 16.2. The standard InChI is InChI=1S/C8H13N3O/c1-6-2-3-10-7(4-6)8(12)11-5-9/h6-7,10H,2-4H2,1H3,(H,11,12). The number of nitrogens with one attached hydrogen (secondary N) is 2. The molecule has 0 aromatic rings. The van der Waals surface area contributed by atoms with Gasteiger partial charge in [-0.15, -0.1) is 0 Å². The van der Waals surface area contributed by atoms with Gasteiger partial charge in [0.25, 0.3) is 0 Å². The molecule has 0 aliphatic carbocycles. The predicted molar refractivity (Wildman–Crippen MR) is 43.9 cm³/mol. The van der Waals surface area contributed by atoms with Crippen LogP contribution in [0.4, 0.5) is 0 Å². The van der Waals surface area contributed by atoms with Gasteiger partial charge in [-0.3, -0.25) is 10.1 Å². The summed E-state index contributed by atoms with van der Waals surface area (Å²) in [4.78, 5) is 11.1. The Morgan fingerprint density at radius 1 is 1.75 bits per heavy atom. The number of hydrogen-bond donors (Lipinski definition) is 2. The lowest BCUT2D eigenvalue weighted by Crippen LogP contribution is -2.47. The minimum absolute atomic E-state index is 0.173. The van der Waals surface area contributed by atoms with Crippen molar-refractivity contribution in [3.8, 4) is 6.19 Å². The maximum Gasteiger partial charge on any atom is 0.250 e. The Balaban J connectivity index is 2.41. The summed E-state index contributed by atoms with van der Waals surface area (Å²) in [7, 11) is 0. The van der Waals surface area contributed by atoms with Gasteiger partial charge in [-0.05, 0) is 25.3 Å². The Kier molecular flexibility index (Phi) is 3.06. The highest BCUT2D eigenvalue weighted by molar-refractivity contribution is 5.83. The molecule has 2 unspecified atom stereocenters. The molecule has 0 aromatic carbocycles. The molecule has 1 aliphatic heterocycles.